The van der Waals surface area contributed by atoms with Crippen molar-refractivity contribution in [2.24, 2.45) is 0 Å². The van der Waals surface area contributed by atoms with Crippen molar-refractivity contribution in [3.8, 4) is 0 Å². The zero-order chi connectivity index (χ0) is 15.0. The molecule has 0 spiro atoms. The van der Waals surface area contributed by atoms with Gasteiger partial charge in [-0.3, -0.25) is 9.59 Å². The van der Waals surface area contributed by atoms with Gasteiger partial charge in [-0.2, -0.15) is 0 Å². The Kier molecular flexibility index (Phi) is 7.22. The van der Waals surface area contributed by atoms with Gasteiger partial charge in [-0.15, -0.1) is 0 Å². The summed E-state index contributed by atoms with van der Waals surface area (Å²) < 4.78 is 12.7. The molecule has 2 N–H and O–H groups in total. The molecule has 1 atom stereocenters. The number of hydrogen-bond donors (Lipinski definition) is 2. The largest absolute Gasteiger partial charge is 0.355 e. The van der Waals surface area contributed by atoms with Crippen molar-refractivity contribution >= 4 is 33.4 Å². The maximum atomic E-state index is 12.7. The van der Waals surface area contributed by atoms with Crippen LogP contribution >= 0.6 is 15.9 Å². The summed E-state index contributed by atoms with van der Waals surface area (Å²) in [5, 5.41) is 5.32. The summed E-state index contributed by atoms with van der Waals surface area (Å²) in [6, 6.07) is 5.53. The van der Waals surface area contributed by atoms with Crippen molar-refractivity contribution in [3.05, 3.63) is 30.1 Å². The van der Waals surface area contributed by atoms with E-state index < -0.39 is 0 Å². The van der Waals surface area contributed by atoms with Crippen LogP contribution in [-0.4, -0.2) is 23.2 Å². The molecule has 4 nitrogen and oxygen atoms in total. The molecule has 1 aromatic rings. The van der Waals surface area contributed by atoms with E-state index in [1.54, 1.807) is 0 Å². The molecule has 0 bridgehead atoms. The third kappa shape index (κ3) is 6.14. The van der Waals surface area contributed by atoms with Gasteiger partial charge < -0.3 is 10.6 Å². The Bertz CT molecular complexity index is 451. The number of anilines is 1. The standard InChI is InChI=1S/C14H18BrFN2O2/c1-2-3-12(15)14(20)17-9-8-13(19)18-11-6-4-10(16)5-7-11/h4-7,12H,2-3,8-9H2,1H3,(H,17,20)(H,18,19)/t12-/m1/s1. The van der Waals surface area contributed by atoms with E-state index in [1.807, 2.05) is 6.92 Å². The van der Waals surface area contributed by atoms with E-state index in [0.29, 0.717) is 5.69 Å². The quantitative estimate of drug-likeness (QED) is 0.747. The molecule has 0 fully saturated rings. The summed E-state index contributed by atoms with van der Waals surface area (Å²) in [5.74, 6) is -0.686. The molecule has 1 rings (SSSR count). The molecule has 0 aliphatic carbocycles. The van der Waals surface area contributed by atoms with Gasteiger partial charge in [0.25, 0.3) is 0 Å². The summed E-state index contributed by atoms with van der Waals surface area (Å²) in [4.78, 5) is 23.0. The second-order valence-corrected chi connectivity index (χ2v) is 5.46. The van der Waals surface area contributed by atoms with Crippen molar-refractivity contribution in [2.45, 2.75) is 31.0 Å². The number of benzene rings is 1. The number of halogens is 2. The first kappa shape index (κ1) is 16.6. The van der Waals surface area contributed by atoms with Gasteiger partial charge in [0.1, 0.15) is 5.82 Å². The third-order valence-electron chi connectivity index (χ3n) is 2.61. The minimum Gasteiger partial charge on any atom is -0.355 e. The summed E-state index contributed by atoms with van der Waals surface area (Å²) in [6.45, 7) is 2.27. The molecule has 20 heavy (non-hydrogen) atoms. The average Bonchev–Trinajstić information content (AvgIpc) is 2.41. The number of nitrogens with one attached hydrogen (secondary N) is 2. The number of hydrogen-bond acceptors (Lipinski definition) is 2. The van der Waals surface area contributed by atoms with Crippen molar-refractivity contribution in [1.29, 1.82) is 0 Å². The molecule has 0 aromatic heterocycles. The lowest BCUT2D eigenvalue weighted by molar-refractivity contribution is -0.120. The Morgan fingerprint density at radius 3 is 2.55 bits per heavy atom. The lowest BCUT2D eigenvalue weighted by Crippen LogP contribution is -2.33. The van der Waals surface area contributed by atoms with E-state index in [2.05, 4.69) is 26.6 Å². The Hall–Kier alpha value is -1.43. The number of amides is 2. The monoisotopic (exact) mass is 344 g/mol. The van der Waals surface area contributed by atoms with Gasteiger partial charge in [-0.05, 0) is 30.7 Å². The Balaban J connectivity index is 2.26. The van der Waals surface area contributed by atoms with Crippen LogP contribution in [0.25, 0.3) is 0 Å². The summed E-state index contributed by atoms with van der Waals surface area (Å²) in [5.41, 5.74) is 0.534. The van der Waals surface area contributed by atoms with E-state index in [1.165, 1.54) is 24.3 Å². The van der Waals surface area contributed by atoms with Crippen LogP contribution in [0.3, 0.4) is 0 Å². The predicted molar refractivity (Wildman–Crippen MR) is 80.3 cm³/mol. The fourth-order valence-electron chi connectivity index (χ4n) is 1.55. The molecule has 0 unspecified atom stereocenters. The molecular formula is C14H18BrFN2O2. The van der Waals surface area contributed by atoms with Gasteiger partial charge >= 0.3 is 0 Å². The fraction of sp³-hybridized carbons (Fsp3) is 0.429. The zero-order valence-corrected chi connectivity index (χ0v) is 12.9. The van der Waals surface area contributed by atoms with E-state index in [-0.39, 0.29) is 35.4 Å². The van der Waals surface area contributed by atoms with Crippen LogP contribution < -0.4 is 10.6 Å². The van der Waals surface area contributed by atoms with Crippen LogP contribution in [-0.2, 0) is 9.59 Å². The van der Waals surface area contributed by atoms with E-state index in [9.17, 15) is 14.0 Å². The summed E-state index contributed by atoms with van der Waals surface area (Å²) in [7, 11) is 0. The Morgan fingerprint density at radius 2 is 1.95 bits per heavy atom. The highest BCUT2D eigenvalue weighted by Crippen LogP contribution is 2.09. The first-order chi connectivity index (χ1) is 9.52. The lowest BCUT2D eigenvalue weighted by Gasteiger charge is -2.10. The van der Waals surface area contributed by atoms with Gasteiger partial charge in [-0.1, -0.05) is 29.3 Å². The van der Waals surface area contributed by atoms with Crippen LogP contribution in [0.2, 0.25) is 0 Å². The van der Waals surface area contributed by atoms with Crippen molar-refractivity contribution in [1.82, 2.24) is 5.32 Å². The van der Waals surface area contributed by atoms with Gasteiger partial charge in [-0.25, -0.2) is 4.39 Å². The second-order valence-electron chi connectivity index (χ2n) is 4.35. The van der Waals surface area contributed by atoms with E-state index in [0.717, 1.165) is 12.8 Å². The minimum atomic E-state index is -0.352. The van der Waals surface area contributed by atoms with Crippen LogP contribution in [0.15, 0.2) is 24.3 Å². The molecule has 110 valence electrons. The second kappa shape index (κ2) is 8.68. The number of carbonyl (C=O) groups is 2. The van der Waals surface area contributed by atoms with Crippen LogP contribution in [0.1, 0.15) is 26.2 Å². The van der Waals surface area contributed by atoms with Gasteiger partial charge in [0, 0.05) is 18.7 Å². The van der Waals surface area contributed by atoms with Gasteiger partial charge in [0.05, 0.1) is 4.83 Å². The van der Waals surface area contributed by atoms with E-state index in [4.69, 9.17) is 0 Å². The molecule has 0 saturated carbocycles. The topological polar surface area (TPSA) is 58.2 Å². The smallest absolute Gasteiger partial charge is 0.233 e. The molecule has 0 saturated heterocycles. The van der Waals surface area contributed by atoms with Gasteiger partial charge in [0.2, 0.25) is 11.8 Å². The molecule has 0 heterocycles. The van der Waals surface area contributed by atoms with Crippen LogP contribution in [0.4, 0.5) is 10.1 Å². The number of rotatable bonds is 7. The number of carbonyl (C=O) groups excluding carboxylic acids is 2. The maximum Gasteiger partial charge on any atom is 0.233 e. The van der Waals surface area contributed by atoms with E-state index >= 15 is 0 Å². The molecule has 1 aromatic carbocycles. The molecule has 0 aliphatic rings. The molecule has 0 aliphatic heterocycles. The Morgan fingerprint density at radius 1 is 1.30 bits per heavy atom. The molecule has 6 heteroatoms. The van der Waals surface area contributed by atoms with Crippen molar-refractivity contribution in [2.75, 3.05) is 11.9 Å². The molecular weight excluding hydrogens is 327 g/mol. The summed E-state index contributed by atoms with van der Waals surface area (Å²) in [6.07, 6.45) is 1.84. The highest BCUT2D eigenvalue weighted by Gasteiger charge is 2.13. The Labute approximate surface area is 126 Å². The fourth-order valence-corrected chi connectivity index (χ4v) is 2.17. The predicted octanol–water partition coefficient (Wildman–Crippen LogP) is 2.83. The first-order valence-electron chi connectivity index (χ1n) is 6.50. The zero-order valence-electron chi connectivity index (χ0n) is 11.3. The maximum absolute atomic E-state index is 12.7. The highest BCUT2D eigenvalue weighted by atomic mass is 79.9. The highest BCUT2D eigenvalue weighted by molar-refractivity contribution is 9.10. The van der Waals surface area contributed by atoms with Crippen molar-refractivity contribution in [3.63, 3.8) is 0 Å². The van der Waals surface area contributed by atoms with Crippen LogP contribution in [0, 0.1) is 5.82 Å². The van der Waals surface area contributed by atoms with Gasteiger partial charge in [0.15, 0.2) is 0 Å². The lowest BCUT2D eigenvalue weighted by atomic mass is 10.2. The normalized spacial score (nSPS) is 11.8. The summed E-state index contributed by atoms with van der Waals surface area (Å²) >= 11 is 3.28. The van der Waals surface area contributed by atoms with Crippen LogP contribution in [0.5, 0.6) is 0 Å². The minimum absolute atomic E-state index is 0.110. The molecule has 2 amide bonds. The molecule has 0 radical (unpaired) electrons. The third-order valence-corrected chi connectivity index (χ3v) is 3.48. The average molecular weight is 345 g/mol. The first-order valence-corrected chi connectivity index (χ1v) is 7.41. The van der Waals surface area contributed by atoms with Crippen molar-refractivity contribution < 1.29 is 14.0 Å². The number of alkyl halides is 1. The SMILES string of the molecule is CCC[C@@H](Br)C(=O)NCCC(=O)Nc1ccc(F)cc1.